The summed E-state index contributed by atoms with van der Waals surface area (Å²) in [7, 11) is 0.424. The second-order valence-electron chi connectivity index (χ2n) is 7.53. The summed E-state index contributed by atoms with van der Waals surface area (Å²) in [5, 5.41) is 2.83. The number of carbonyl (C=O) groups is 1. The van der Waals surface area contributed by atoms with Gasteiger partial charge in [-0.15, -0.1) is 0 Å². The van der Waals surface area contributed by atoms with Crippen LogP contribution in [0.5, 0.6) is 0 Å². The third-order valence-electron chi connectivity index (χ3n) is 4.90. The number of hydrogen-bond donors (Lipinski definition) is 1. The molecule has 0 aliphatic carbocycles. The molecule has 7 nitrogen and oxygen atoms in total. The van der Waals surface area contributed by atoms with Crippen LogP contribution in [-0.4, -0.2) is 39.8 Å². The van der Waals surface area contributed by atoms with Gasteiger partial charge in [0, 0.05) is 32.5 Å². The van der Waals surface area contributed by atoms with E-state index in [0.29, 0.717) is 23.4 Å². The molecule has 0 unspecified atom stereocenters. The topological polar surface area (TPSA) is 79.0 Å². The lowest BCUT2D eigenvalue weighted by Gasteiger charge is -2.27. The van der Waals surface area contributed by atoms with Gasteiger partial charge in [0.05, 0.1) is 18.8 Å². The van der Waals surface area contributed by atoms with Gasteiger partial charge in [-0.05, 0) is 47.5 Å². The number of methoxy groups -OCH3 is 1. The van der Waals surface area contributed by atoms with Gasteiger partial charge in [-0.25, -0.2) is 4.39 Å². The Morgan fingerprint density at radius 2 is 1.67 bits per heavy atom. The van der Waals surface area contributed by atoms with Crippen molar-refractivity contribution < 1.29 is 22.3 Å². The molecule has 0 saturated carbocycles. The number of benzene rings is 3. The van der Waals surface area contributed by atoms with Gasteiger partial charge in [-0.2, -0.15) is 12.7 Å². The largest absolute Gasteiger partial charge is 0.380 e. The van der Waals surface area contributed by atoms with Gasteiger partial charge >= 0.3 is 10.2 Å². The fourth-order valence-electron chi connectivity index (χ4n) is 3.18. The maximum absolute atomic E-state index is 14.4. The van der Waals surface area contributed by atoms with Crippen molar-refractivity contribution in [2.45, 2.75) is 13.2 Å². The molecule has 3 aromatic rings. The highest BCUT2D eigenvalue weighted by atomic mass is 32.2. The molecular weight excluding hydrogens is 445 g/mol. The minimum atomic E-state index is -3.95. The Bertz CT molecular complexity index is 1210. The average molecular weight is 472 g/mol. The van der Waals surface area contributed by atoms with Crippen LogP contribution in [0.25, 0.3) is 0 Å². The quantitative estimate of drug-likeness (QED) is 0.511. The lowest BCUT2D eigenvalue weighted by molar-refractivity contribution is 0.102. The molecule has 174 valence electrons. The Balaban J connectivity index is 1.80. The number of nitrogens with one attached hydrogen (secondary N) is 1. The Labute approximate surface area is 193 Å². The van der Waals surface area contributed by atoms with Crippen LogP contribution >= 0.6 is 0 Å². The van der Waals surface area contributed by atoms with Crippen molar-refractivity contribution in [3.05, 3.63) is 95.3 Å². The Kier molecular flexibility index (Phi) is 7.80. The fraction of sp³-hybridized carbons (Fsp3) is 0.208. The van der Waals surface area contributed by atoms with Crippen LogP contribution in [0.15, 0.2) is 72.8 Å². The highest BCUT2D eigenvalue weighted by Crippen LogP contribution is 2.25. The molecule has 0 bridgehead atoms. The molecule has 0 spiro atoms. The van der Waals surface area contributed by atoms with Gasteiger partial charge < -0.3 is 10.1 Å². The molecule has 0 aromatic heterocycles. The minimum absolute atomic E-state index is 0.0519. The summed E-state index contributed by atoms with van der Waals surface area (Å²) in [6, 6.07) is 19.5. The van der Waals surface area contributed by atoms with Gasteiger partial charge in [0.1, 0.15) is 5.82 Å². The van der Waals surface area contributed by atoms with E-state index in [2.05, 4.69) is 5.32 Å². The number of nitrogens with zero attached hydrogens (tertiary/aromatic N) is 2. The van der Waals surface area contributed by atoms with E-state index in [-0.39, 0.29) is 18.1 Å². The zero-order valence-corrected chi connectivity index (χ0v) is 19.5. The molecule has 0 aliphatic heterocycles. The van der Waals surface area contributed by atoms with Crippen molar-refractivity contribution >= 4 is 27.5 Å². The smallest absolute Gasteiger partial charge is 0.303 e. The highest BCUT2D eigenvalue weighted by Gasteiger charge is 2.27. The first-order chi connectivity index (χ1) is 15.7. The molecule has 0 fully saturated rings. The number of ether oxygens (including phenoxy) is 1. The van der Waals surface area contributed by atoms with E-state index in [4.69, 9.17) is 4.74 Å². The first-order valence-electron chi connectivity index (χ1n) is 10.1. The first-order valence-corrected chi connectivity index (χ1v) is 11.5. The van der Waals surface area contributed by atoms with Crippen molar-refractivity contribution in [2.24, 2.45) is 0 Å². The van der Waals surface area contributed by atoms with E-state index in [1.807, 2.05) is 18.2 Å². The predicted molar refractivity (Wildman–Crippen MR) is 127 cm³/mol. The van der Waals surface area contributed by atoms with Crippen molar-refractivity contribution in [3.63, 3.8) is 0 Å². The number of hydrogen-bond acceptors (Lipinski definition) is 4. The number of halogens is 1. The molecule has 0 heterocycles. The number of para-hydroxylation sites is 1. The maximum Gasteiger partial charge on any atom is 0.303 e. The van der Waals surface area contributed by atoms with E-state index in [1.54, 1.807) is 43.5 Å². The minimum Gasteiger partial charge on any atom is -0.380 e. The molecule has 1 N–H and O–H groups in total. The Hall–Kier alpha value is -3.27. The van der Waals surface area contributed by atoms with Crippen LogP contribution in [0.1, 0.15) is 21.5 Å². The lowest BCUT2D eigenvalue weighted by atomic mass is 10.1. The average Bonchev–Trinajstić information content (AvgIpc) is 2.79. The van der Waals surface area contributed by atoms with Crippen LogP contribution in [0, 0.1) is 5.82 Å². The third-order valence-corrected chi connectivity index (χ3v) is 6.70. The highest BCUT2D eigenvalue weighted by molar-refractivity contribution is 7.90. The Morgan fingerprint density at radius 1 is 0.970 bits per heavy atom. The van der Waals surface area contributed by atoms with Crippen molar-refractivity contribution in [2.75, 3.05) is 30.8 Å². The number of amides is 1. The van der Waals surface area contributed by atoms with Crippen LogP contribution in [0.4, 0.5) is 15.8 Å². The molecule has 33 heavy (non-hydrogen) atoms. The van der Waals surface area contributed by atoms with E-state index >= 15 is 0 Å². The monoisotopic (exact) mass is 471 g/mol. The summed E-state index contributed by atoms with van der Waals surface area (Å²) in [6.07, 6.45) is 0. The van der Waals surface area contributed by atoms with Gasteiger partial charge in [0.25, 0.3) is 5.91 Å². The van der Waals surface area contributed by atoms with Gasteiger partial charge in [0.2, 0.25) is 0 Å². The first kappa shape index (κ1) is 24.4. The second-order valence-corrected chi connectivity index (χ2v) is 9.60. The zero-order chi connectivity index (χ0) is 24.0. The predicted octanol–water partition coefficient (Wildman–Crippen LogP) is 4.04. The lowest BCUT2D eigenvalue weighted by Crippen LogP contribution is -2.40. The standard InChI is InChI=1S/C24H26FN3O4S/c1-27(2)33(30,31)28(23-10-5-4-9-22(23)25)16-18-11-13-20(14-12-18)24(29)26-21-8-6-7-19(15-21)17-32-3/h4-15H,16-17H2,1-3H3,(H,26,29). The summed E-state index contributed by atoms with van der Waals surface area (Å²) in [5.74, 6) is -0.947. The van der Waals surface area contributed by atoms with E-state index in [9.17, 15) is 17.6 Å². The van der Waals surface area contributed by atoms with Crippen molar-refractivity contribution in [1.82, 2.24) is 4.31 Å². The summed E-state index contributed by atoms with van der Waals surface area (Å²) < 4.78 is 47.2. The SMILES string of the molecule is COCc1cccc(NC(=O)c2ccc(CN(c3ccccc3F)S(=O)(=O)N(C)C)cc2)c1. The molecule has 0 saturated heterocycles. The number of rotatable bonds is 9. The van der Waals surface area contributed by atoms with Crippen LogP contribution < -0.4 is 9.62 Å². The molecular formula is C24H26FN3O4S. The summed E-state index contributed by atoms with van der Waals surface area (Å²) in [6.45, 7) is 0.342. The molecule has 3 aromatic carbocycles. The van der Waals surface area contributed by atoms with Gasteiger partial charge in [-0.1, -0.05) is 36.4 Å². The molecule has 3 rings (SSSR count). The fourth-order valence-corrected chi connectivity index (χ4v) is 4.28. The van der Waals surface area contributed by atoms with E-state index < -0.39 is 16.0 Å². The second kappa shape index (κ2) is 10.6. The molecule has 0 aliphatic rings. The maximum atomic E-state index is 14.4. The molecule has 0 radical (unpaired) electrons. The van der Waals surface area contributed by atoms with Gasteiger partial charge in [-0.3, -0.25) is 9.10 Å². The van der Waals surface area contributed by atoms with Crippen LogP contribution in [0.2, 0.25) is 0 Å². The number of carbonyl (C=O) groups excluding carboxylic acids is 1. The van der Waals surface area contributed by atoms with Crippen molar-refractivity contribution in [1.29, 1.82) is 0 Å². The van der Waals surface area contributed by atoms with Crippen LogP contribution in [0.3, 0.4) is 0 Å². The van der Waals surface area contributed by atoms with Gasteiger partial charge in [0.15, 0.2) is 0 Å². The van der Waals surface area contributed by atoms with E-state index in [1.165, 1.54) is 32.3 Å². The van der Waals surface area contributed by atoms with Crippen LogP contribution in [-0.2, 0) is 28.1 Å². The van der Waals surface area contributed by atoms with E-state index in [0.717, 1.165) is 14.2 Å². The summed E-state index contributed by atoms with van der Waals surface area (Å²) in [5.41, 5.74) is 2.53. The molecule has 9 heteroatoms. The zero-order valence-electron chi connectivity index (χ0n) is 18.7. The summed E-state index contributed by atoms with van der Waals surface area (Å²) in [4.78, 5) is 12.6. The molecule has 1 amide bonds. The summed E-state index contributed by atoms with van der Waals surface area (Å²) >= 11 is 0. The molecule has 0 atom stereocenters. The number of anilines is 2. The normalized spacial score (nSPS) is 11.4. The third kappa shape index (κ3) is 5.95. The van der Waals surface area contributed by atoms with Crippen molar-refractivity contribution in [3.8, 4) is 0 Å². The Morgan fingerprint density at radius 3 is 2.30 bits per heavy atom.